The number of sulfonamides is 1. The molecule has 1 aliphatic rings. The van der Waals surface area contributed by atoms with Crippen LogP contribution in [-0.2, 0) is 16.6 Å². The Labute approximate surface area is 124 Å². The molecule has 21 heavy (non-hydrogen) atoms. The van der Waals surface area contributed by atoms with E-state index < -0.39 is 10.0 Å². The molecule has 2 atom stereocenters. The van der Waals surface area contributed by atoms with Gasteiger partial charge < -0.3 is 5.73 Å². The Hall–Kier alpha value is -1.86. The molecule has 3 N–H and O–H groups in total. The Morgan fingerprint density at radius 3 is 2.71 bits per heavy atom. The molecule has 1 aromatic carbocycles. The maximum absolute atomic E-state index is 12.4. The fraction of sp³-hybridized carbons (Fsp3) is 0.357. The van der Waals surface area contributed by atoms with Crippen molar-refractivity contribution < 1.29 is 8.42 Å². The molecule has 0 saturated heterocycles. The lowest BCUT2D eigenvalue weighted by atomic mass is 10.1. The summed E-state index contributed by atoms with van der Waals surface area (Å²) in [5.74, 6) is 0.282. The van der Waals surface area contributed by atoms with Crippen molar-refractivity contribution in [1.29, 1.82) is 0 Å². The van der Waals surface area contributed by atoms with Gasteiger partial charge in [-0.3, -0.25) is 4.68 Å². The smallest absolute Gasteiger partial charge is 0.246 e. The molecule has 3 rings (SSSR count). The highest BCUT2D eigenvalue weighted by Crippen LogP contribution is 2.41. The number of hydrogen-bond acceptors (Lipinski definition) is 4. The molecule has 0 radical (unpaired) electrons. The summed E-state index contributed by atoms with van der Waals surface area (Å²) in [7, 11) is -3.62. The van der Waals surface area contributed by atoms with E-state index in [-0.39, 0.29) is 22.7 Å². The van der Waals surface area contributed by atoms with Crippen LogP contribution >= 0.6 is 0 Å². The summed E-state index contributed by atoms with van der Waals surface area (Å²) in [6.07, 6.45) is 2.28. The molecule has 0 aliphatic heterocycles. The van der Waals surface area contributed by atoms with Crippen molar-refractivity contribution in [3.05, 3.63) is 42.1 Å². The number of hydrogen-bond donors (Lipinski definition) is 2. The molecular formula is C14H18N4O2S. The van der Waals surface area contributed by atoms with Crippen LogP contribution in [0.25, 0.3) is 0 Å². The summed E-state index contributed by atoms with van der Waals surface area (Å²) in [6.45, 7) is 2.46. The molecule has 0 amide bonds. The van der Waals surface area contributed by atoms with E-state index in [2.05, 4.69) is 9.82 Å². The highest BCUT2D eigenvalue weighted by molar-refractivity contribution is 7.89. The molecule has 6 nitrogen and oxygen atoms in total. The largest absolute Gasteiger partial charge is 0.381 e. The normalized spacial score (nSPS) is 21.4. The molecule has 1 saturated carbocycles. The average Bonchev–Trinajstić information content (AvgIpc) is 3.10. The number of rotatable bonds is 5. The third kappa shape index (κ3) is 2.79. The van der Waals surface area contributed by atoms with Gasteiger partial charge in [0.2, 0.25) is 10.0 Å². The van der Waals surface area contributed by atoms with Gasteiger partial charge in [-0.2, -0.15) is 5.10 Å². The Balaban J connectivity index is 1.75. The molecule has 2 aromatic rings. The van der Waals surface area contributed by atoms with Crippen LogP contribution in [0.4, 0.5) is 5.82 Å². The first-order chi connectivity index (χ1) is 10.0. The van der Waals surface area contributed by atoms with Crippen LogP contribution in [0, 0.1) is 0 Å². The van der Waals surface area contributed by atoms with Crippen molar-refractivity contribution in [2.45, 2.75) is 36.7 Å². The molecule has 1 aliphatic carbocycles. The zero-order valence-corrected chi connectivity index (χ0v) is 12.5. The third-order valence-electron chi connectivity index (χ3n) is 3.69. The van der Waals surface area contributed by atoms with Crippen molar-refractivity contribution in [3.8, 4) is 0 Å². The molecule has 1 fully saturated rings. The number of benzene rings is 1. The second-order valence-electron chi connectivity index (χ2n) is 5.21. The number of anilines is 1. The number of nitrogens with two attached hydrogens (primary N) is 1. The second-order valence-corrected chi connectivity index (χ2v) is 6.90. The van der Waals surface area contributed by atoms with E-state index in [4.69, 9.17) is 5.73 Å². The van der Waals surface area contributed by atoms with Crippen molar-refractivity contribution in [3.63, 3.8) is 0 Å². The van der Waals surface area contributed by atoms with E-state index in [9.17, 15) is 8.42 Å². The van der Waals surface area contributed by atoms with Gasteiger partial charge in [0.05, 0.1) is 0 Å². The molecular weight excluding hydrogens is 288 g/mol. The van der Waals surface area contributed by atoms with Gasteiger partial charge in [0.1, 0.15) is 4.90 Å². The van der Waals surface area contributed by atoms with E-state index >= 15 is 0 Å². The van der Waals surface area contributed by atoms with Crippen LogP contribution in [0.5, 0.6) is 0 Å². The minimum Gasteiger partial charge on any atom is -0.381 e. The van der Waals surface area contributed by atoms with Crippen LogP contribution in [0.1, 0.15) is 24.8 Å². The second kappa shape index (κ2) is 5.16. The van der Waals surface area contributed by atoms with Crippen molar-refractivity contribution >= 4 is 15.8 Å². The monoisotopic (exact) mass is 306 g/mol. The van der Waals surface area contributed by atoms with Crippen LogP contribution in [0.2, 0.25) is 0 Å². The molecule has 1 aromatic heterocycles. The predicted molar refractivity (Wildman–Crippen MR) is 80.2 cm³/mol. The molecule has 2 unspecified atom stereocenters. The fourth-order valence-electron chi connectivity index (χ4n) is 2.44. The summed E-state index contributed by atoms with van der Waals surface area (Å²) in [5, 5.41) is 3.98. The lowest BCUT2D eigenvalue weighted by Gasteiger charge is -2.05. The van der Waals surface area contributed by atoms with Crippen LogP contribution < -0.4 is 10.5 Å². The molecule has 7 heteroatoms. The summed E-state index contributed by atoms with van der Waals surface area (Å²) in [6, 6.07) is 9.84. The first kappa shape index (κ1) is 14.1. The first-order valence-corrected chi connectivity index (χ1v) is 8.40. The molecule has 1 heterocycles. The van der Waals surface area contributed by atoms with Gasteiger partial charge in [-0.15, -0.1) is 0 Å². The zero-order valence-electron chi connectivity index (χ0n) is 11.7. The van der Waals surface area contributed by atoms with E-state index in [0.29, 0.717) is 6.54 Å². The summed E-state index contributed by atoms with van der Waals surface area (Å²) < 4.78 is 29.0. The highest BCUT2D eigenvalue weighted by Gasteiger charge is 2.41. The van der Waals surface area contributed by atoms with Crippen LogP contribution in [-0.4, -0.2) is 24.2 Å². The molecule has 0 spiro atoms. The van der Waals surface area contributed by atoms with E-state index in [1.807, 2.05) is 37.3 Å². The van der Waals surface area contributed by atoms with E-state index in [1.165, 1.54) is 10.9 Å². The van der Waals surface area contributed by atoms with Crippen molar-refractivity contribution in [2.24, 2.45) is 0 Å². The van der Waals surface area contributed by atoms with Gasteiger partial charge in [-0.25, -0.2) is 13.1 Å². The minimum absolute atomic E-state index is 0.0428. The van der Waals surface area contributed by atoms with Gasteiger partial charge in [-0.05, 0) is 18.9 Å². The predicted octanol–water partition coefficient (Wildman–Crippen LogP) is 1.32. The van der Waals surface area contributed by atoms with E-state index in [0.717, 1.165) is 12.0 Å². The van der Waals surface area contributed by atoms with Gasteiger partial charge in [0.15, 0.2) is 5.82 Å². The number of nitrogens with one attached hydrogen (secondary N) is 1. The van der Waals surface area contributed by atoms with Crippen LogP contribution in [0.15, 0.2) is 41.4 Å². The van der Waals surface area contributed by atoms with E-state index in [1.54, 1.807) is 0 Å². The lowest BCUT2D eigenvalue weighted by molar-refractivity contribution is 0.579. The van der Waals surface area contributed by atoms with Crippen molar-refractivity contribution in [1.82, 2.24) is 14.5 Å². The Morgan fingerprint density at radius 1 is 1.38 bits per heavy atom. The number of aromatic nitrogens is 2. The quantitative estimate of drug-likeness (QED) is 0.871. The fourth-order valence-corrected chi connectivity index (χ4v) is 3.81. The lowest BCUT2D eigenvalue weighted by Crippen LogP contribution is -2.27. The number of nitrogen functional groups attached to an aromatic ring is 1. The standard InChI is InChI=1S/C14H18N4O2S/c1-2-18-9-13(14(15)16-18)21(19,20)17-12-8-11(12)10-6-4-3-5-7-10/h3-7,9,11-12,17H,2,8H2,1H3,(H2,15,16). The third-order valence-corrected chi connectivity index (χ3v) is 5.20. The van der Waals surface area contributed by atoms with Gasteiger partial charge >= 0.3 is 0 Å². The van der Waals surface area contributed by atoms with Gasteiger partial charge in [0.25, 0.3) is 0 Å². The SMILES string of the molecule is CCn1cc(S(=O)(=O)NC2CC2c2ccccc2)c(N)n1. The topological polar surface area (TPSA) is 90.0 Å². The minimum atomic E-state index is -3.62. The number of aryl methyl sites for hydroxylation is 1. The Morgan fingerprint density at radius 2 is 2.10 bits per heavy atom. The molecule has 0 bridgehead atoms. The summed E-state index contributed by atoms with van der Waals surface area (Å²) in [5.41, 5.74) is 6.85. The van der Waals surface area contributed by atoms with Crippen molar-refractivity contribution in [2.75, 3.05) is 5.73 Å². The average molecular weight is 306 g/mol. The highest BCUT2D eigenvalue weighted by atomic mass is 32.2. The Kier molecular flexibility index (Phi) is 3.46. The van der Waals surface area contributed by atoms with Crippen LogP contribution in [0.3, 0.4) is 0 Å². The summed E-state index contributed by atoms with van der Waals surface area (Å²) in [4.78, 5) is 0.0584. The molecule has 112 valence electrons. The van der Waals surface area contributed by atoms with Gasteiger partial charge in [-0.1, -0.05) is 30.3 Å². The van der Waals surface area contributed by atoms with Gasteiger partial charge in [0, 0.05) is 24.7 Å². The first-order valence-electron chi connectivity index (χ1n) is 6.91. The number of nitrogens with zero attached hydrogens (tertiary/aromatic N) is 2. The summed E-state index contributed by atoms with van der Waals surface area (Å²) >= 11 is 0. The maximum Gasteiger partial charge on any atom is 0.246 e. The Bertz CT molecular complexity index is 740. The zero-order chi connectivity index (χ0) is 15.0. The maximum atomic E-state index is 12.4.